The first-order valence-corrected chi connectivity index (χ1v) is 16.0. The molecular formula is C41H24N2OS. The van der Waals surface area contributed by atoms with Gasteiger partial charge in [-0.3, -0.25) is 0 Å². The molecule has 2 aromatic heterocycles. The first kappa shape index (κ1) is 24.8. The molecule has 0 unspecified atom stereocenters. The van der Waals surface area contributed by atoms with Crippen LogP contribution in [0.25, 0.3) is 54.1 Å². The van der Waals surface area contributed by atoms with E-state index in [1.54, 1.807) is 11.3 Å². The minimum absolute atomic E-state index is 0.526. The lowest BCUT2D eigenvalue weighted by atomic mass is 9.66. The van der Waals surface area contributed by atoms with Gasteiger partial charge in [-0.2, -0.15) is 0 Å². The first-order chi connectivity index (χ1) is 22.3. The van der Waals surface area contributed by atoms with Crippen LogP contribution in [0.15, 0.2) is 146 Å². The quantitative estimate of drug-likeness (QED) is 0.200. The fourth-order valence-electron chi connectivity index (χ4n) is 7.50. The molecule has 0 amide bonds. The van der Waals surface area contributed by atoms with Crippen molar-refractivity contribution in [2.24, 2.45) is 0 Å². The molecule has 0 saturated heterocycles. The second kappa shape index (κ2) is 9.21. The summed E-state index contributed by atoms with van der Waals surface area (Å²) >= 11 is 1.77. The smallest absolute Gasteiger partial charge is 0.160 e. The minimum Gasteiger partial charge on any atom is -0.457 e. The van der Waals surface area contributed by atoms with Crippen molar-refractivity contribution in [2.75, 3.05) is 0 Å². The highest BCUT2D eigenvalue weighted by Crippen LogP contribution is 2.62. The van der Waals surface area contributed by atoms with E-state index in [2.05, 4.69) is 127 Å². The lowest BCUT2D eigenvalue weighted by Crippen LogP contribution is -2.32. The summed E-state index contributed by atoms with van der Waals surface area (Å²) in [5.74, 6) is 2.52. The zero-order valence-corrected chi connectivity index (χ0v) is 24.9. The van der Waals surface area contributed by atoms with Gasteiger partial charge in [0.15, 0.2) is 5.82 Å². The molecule has 3 heterocycles. The first-order valence-electron chi connectivity index (χ1n) is 15.2. The predicted octanol–water partition coefficient (Wildman–Crippen LogP) is 10.6. The fourth-order valence-corrected chi connectivity index (χ4v) is 8.66. The van der Waals surface area contributed by atoms with E-state index in [0.717, 1.165) is 60.9 Å². The molecule has 10 rings (SSSR count). The van der Waals surface area contributed by atoms with Crippen LogP contribution >= 0.6 is 11.3 Å². The Hall–Kier alpha value is -5.58. The number of nitrogens with zero attached hydrogens (tertiary/aromatic N) is 2. The van der Waals surface area contributed by atoms with Crippen LogP contribution < -0.4 is 4.74 Å². The van der Waals surface area contributed by atoms with E-state index >= 15 is 0 Å². The molecule has 1 spiro atoms. The third-order valence-electron chi connectivity index (χ3n) is 9.37. The van der Waals surface area contributed by atoms with E-state index in [-0.39, 0.29) is 0 Å². The van der Waals surface area contributed by atoms with Crippen molar-refractivity contribution in [1.82, 2.24) is 9.97 Å². The Bertz CT molecular complexity index is 2430. The summed E-state index contributed by atoms with van der Waals surface area (Å²) in [6.07, 6.45) is 0. The summed E-state index contributed by atoms with van der Waals surface area (Å²) in [5.41, 5.74) is 10.9. The highest BCUT2D eigenvalue weighted by atomic mass is 32.1. The monoisotopic (exact) mass is 592 g/mol. The number of hydrogen-bond acceptors (Lipinski definition) is 4. The van der Waals surface area contributed by atoms with Crippen LogP contribution in [0.4, 0.5) is 0 Å². The number of rotatable bonds is 2. The van der Waals surface area contributed by atoms with Gasteiger partial charge in [-0.15, -0.1) is 11.3 Å². The van der Waals surface area contributed by atoms with E-state index in [9.17, 15) is 0 Å². The van der Waals surface area contributed by atoms with Gasteiger partial charge in [-0.25, -0.2) is 9.97 Å². The van der Waals surface area contributed by atoms with Gasteiger partial charge in [0.25, 0.3) is 0 Å². The number of fused-ring (bicyclic) bond motifs is 12. The van der Waals surface area contributed by atoms with Gasteiger partial charge in [-0.1, -0.05) is 121 Å². The van der Waals surface area contributed by atoms with Crippen molar-refractivity contribution in [1.29, 1.82) is 0 Å². The average Bonchev–Trinajstić information content (AvgIpc) is 3.62. The molecule has 2 aliphatic rings. The Kier molecular flexibility index (Phi) is 5.08. The van der Waals surface area contributed by atoms with Crippen LogP contribution in [0.5, 0.6) is 11.5 Å². The number of benzene rings is 6. The normalized spacial score (nSPS) is 13.7. The van der Waals surface area contributed by atoms with E-state index in [0.29, 0.717) is 0 Å². The maximum Gasteiger partial charge on any atom is 0.160 e. The van der Waals surface area contributed by atoms with Crippen LogP contribution in [0.2, 0.25) is 0 Å². The standard InChI is InChI=1S/C41H24N2OS/c1-2-12-25(13-3-1)40-42-37(39-38(43-40)29-15-5-11-21-36(29)45-39)26-22-23-28-27-14-4-6-16-30(27)41(33(28)24-26)31-17-7-9-19-34(31)44-35-20-10-8-18-32(35)41/h1-24H. The SMILES string of the molecule is c1ccc(-c2nc(-c3ccc4c(c3)C3(c5ccccc5Oc5ccccc53)c3ccccc3-4)c3sc4ccccc4c3n2)cc1. The number of thiophene rings is 1. The molecule has 6 aromatic carbocycles. The average molecular weight is 593 g/mol. The van der Waals surface area contributed by atoms with E-state index in [1.807, 2.05) is 18.2 Å². The number of ether oxygens (including phenoxy) is 1. The molecule has 1 aliphatic carbocycles. The highest BCUT2D eigenvalue weighted by Gasteiger charge is 2.51. The van der Waals surface area contributed by atoms with Gasteiger partial charge >= 0.3 is 0 Å². The van der Waals surface area contributed by atoms with Gasteiger partial charge in [0.05, 0.1) is 21.3 Å². The van der Waals surface area contributed by atoms with Crippen molar-refractivity contribution < 1.29 is 4.74 Å². The Morgan fingerprint density at radius 2 is 1.16 bits per heavy atom. The number of para-hydroxylation sites is 2. The Labute approximate surface area is 264 Å². The van der Waals surface area contributed by atoms with Crippen LogP contribution in [0.1, 0.15) is 22.3 Å². The van der Waals surface area contributed by atoms with E-state index < -0.39 is 5.41 Å². The molecule has 0 fully saturated rings. The van der Waals surface area contributed by atoms with Crippen molar-refractivity contribution >= 4 is 31.6 Å². The zero-order valence-electron chi connectivity index (χ0n) is 24.1. The Balaban J connectivity index is 1.31. The van der Waals surface area contributed by atoms with Crippen LogP contribution in [-0.4, -0.2) is 9.97 Å². The van der Waals surface area contributed by atoms with E-state index in [4.69, 9.17) is 14.7 Å². The van der Waals surface area contributed by atoms with Crippen molar-refractivity contribution in [3.8, 4) is 45.3 Å². The van der Waals surface area contributed by atoms with Gasteiger partial charge in [0.1, 0.15) is 11.5 Å². The van der Waals surface area contributed by atoms with Crippen molar-refractivity contribution in [3.05, 3.63) is 168 Å². The lowest BCUT2D eigenvalue weighted by molar-refractivity contribution is 0.436. The molecule has 3 nitrogen and oxygen atoms in total. The van der Waals surface area contributed by atoms with Crippen LogP contribution in [-0.2, 0) is 5.41 Å². The molecule has 0 N–H and O–H groups in total. The van der Waals surface area contributed by atoms with Gasteiger partial charge in [0, 0.05) is 32.3 Å². The van der Waals surface area contributed by atoms with Gasteiger partial charge < -0.3 is 4.74 Å². The maximum atomic E-state index is 6.55. The summed E-state index contributed by atoms with van der Waals surface area (Å²) in [7, 11) is 0. The molecule has 0 bridgehead atoms. The molecule has 8 aromatic rings. The molecule has 0 saturated carbocycles. The molecule has 0 atom stereocenters. The predicted molar refractivity (Wildman–Crippen MR) is 183 cm³/mol. The highest BCUT2D eigenvalue weighted by molar-refractivity contribution is 7.26. The largest absolute Gasteiger partial charge is 0.457 e. The van der Waals surface area contributed by atoms with Gasteiger partial charge in [-0.05, 0) is 46.5 Å². The van der Waals surface area contributed by atoms with Crippen molar-refractivity contribution in [2.45, 2.75) is 5.41 Å². The Morgan fingerprint density at radius 3 is 1.96 bits per heavy atom. The van der Waals surface area contributed by atoms with Gasteiger partial charge in [0.2, 0.25) is 0 Å². The van der Waals surface area contributed by atoms with Crippen molar-refractivity contribution in [3.63, 3.8) is 0 Å². The fraction of sp³-hybridized carbons (Fsp3) is 0.0244. The second-order valence-electron chi connectivity index (χ2n) is 11.7. The molecule has 45 heavy (non-hydrogen) atoms. The second-order valence-corrected chi connectivity index (χ2v) is 12.7. The zero-order chi connectivity index (χ0) is 29.5. The molecule has 4 heteroatoms. The minimum atomic E-state index is -0.526. The number of hydrogen-bond donors (Lipinski definition) is 0. The summed E-state index contributed by atoms with van der Waals surface area (Å²) < 4.78 is 8.86. The summed E-state index contributed by atoms with van der Waals surface area (Å²) in [6.45, 7) is 0. The molecule has 210 valence electrons. The van der Waals surface area contributed by atoms with E-state index in [1.165, 1.54) is 27.0 Å². The molecule has 0 radical (unpaired) electrons. The molecular weight excluding hydrogens is 569 g/mol. The molecule has 1 aliphatic heterocycles. The van der Waals surface area contributed by atoms with Crippen LogP contribution in [0.3, 0.4) is 0 Å². The third-order valence-corrected chi connectivity index (χ3v) is 10.5. The summed E-state index contributed by atoms with van der Waals surface area (Å²) in [5, 5.41) is 1.16. The lowest BCUT2D eigenvalue weighted by Gasteiger charge is -2.39. The topological polar surface area (TPSA) is 35.0 Å². The third kappa shape index (κ3) is 3.35. The summed E-state index contributed by atoms with van der Waals surface area (Å²) in [6, 6.07) is 51.6. The van der Waals surface area contributed by atoms with Crippen LogP contribution in [0, 0.1) is 0 Å². The number of aromatic nitrogens is 2. The Morgan fingerprint density at radius 1 is 0.511 bits per heavy atom. The maximum absolute atomic E-state index is 6.55. The summed E-state index contributed by atoms with van der Waals surface area (Å²) in [4.78, 5) is 10.5.